The molecule has 2 aromatic heterocycles. The maximum Gasteiger partial charge on any atom is 0.226 e. The number of carbonyl (C=O) groups is 1. The van der Waals surface area contributed by atoms with Gasteiger partial charge in [-0.2, -0.15) is 4.98 Å². The number of likely N-dealkylation sites (tertiary alicyclic amines) is 1. The molecule has 0 bridgehead atoms. The van der Waals surface area contributed by atoms with Gasteiger partial charge in [0.05, 0.1) is 6.04 Å². The van der Waals surface area contributed by atoms with Gasteiger partial charge in [-0.05, 0) is 38.3 Å². The minimum Gasteiger partial charge on any atom is -0.353 e. The van der Waals surface area contributed by atoms with E-state index in [2.05, 4.69) is 45.0 Å². The predicted octanol–water partition coefficient (Wildman–Crippen LogP) is 3.18. The lowest BCUT2D eigenvalue weighted by Crippen LogP contribution is -2.35. The maximum absolute atomic E-state index is 12.8. The van der Waals surface area contributed by atoms with Crippen LogP contribution in [0.15, 0.2) is 22.9 Å². The Bertz CT molecular complexity index is 676. The molecule has 0 spiro atoms. The lowest BCUT2D eigenvalue weighted by molar-refractivity contribution is -0.133. The number of carbonyl (C=O) groups excluding carboxylic acids is 1. The van der Waals surface area contributed by atoms with Crippen LogP contribution in [0.3, 0.4) is 0 Å². The first-order valence-electron chi connectivity index (χ1n) is 8.85. The molecule has 6 nitrogen and oxygen atoms in total. The van der Waals surface area contributed by atoms with Crippen LogP contribution in [-0.4, -0.2) is 32.1 Å². The van der Waals surface area contributed by atoms with Gasteiger partial charge in [-0.1, -0.05) is 18.0 Å². The van der Waals surface area contributed by atoms with Crippen LogP contribution in [0.5, 0.6) is 0 Å². The summed E-state index contributed by atoms with van der Waals surface area (Å²) in [6.07, 6.45) is 8.52. The third kappa shape index (κ3) is 3.86. The highest BCUT2D eigenvalue weighted by molar-refractivity contribution is 5.76. The van der Waals surface area contributed by atoms with E-state index < -0.39 is 0 Å². The van der Waals surface area contributed by atoms with Crippen molar-refractivity contribution in [1.29, 1.82) is 0 Å². The monoisotopic (exact) mass is 330 g/mol. The fraction of sp³-hybridized carbons (Fsp3) is 0.611. The van der Waals surface area contributed by atoms with Crippen molar-refractivity contribution < 1.29 is 9.32 Å². The summed E-state index contributed by atoms with van der Waals surface area (Å²) < 4.78 is 7.25. The first kappa shape index (κ1) is 16.7. The van der Waals surface area contributed by atoms with Gasteiger partial charge in [0.1, 0.15) is 0 Å². The van der Waals surface area contributed by atoms with Gasteiger partial charge in [-0.15, -0.1) is 0 Å². The molecule has 0 N–H and O–H groups in total. The van der Waals surface area contributed by atoms with E-state index in [1.807, 2.05) is 0 Å². The van der Waals surface area contributed by atoms with E-state index in [0.717, 1.165) is 25.8 Å². The number of aryl methyl sites for hydroxylation is 3. The Morgan fingerprint density at radius 3 is 2.96 bits per heavy atom. The zero-order valence-corrected chi connectivity index (χ0v) is 14.6. The molecule has 24 heavy (non-hydrogen) atoms. The maximum atomic E-state index is 12.8. The lowest BCUT2D eigenvalue weighted by atomic mass is 10.1. The van der Waals surface area contributed by atoms with Crippen molar-refractivity contribution in [3.63, 3.8) is 0 Å². The van der Waals surface area contributed by atoms with Crippen LogP contribution in [0.1, 0.15) is 62.0 Å². The molecule has 3 heterocycles. The highest BCUT2D eigenvalue weighted by Crippen LogP contribution is 2.30. The molecule has 3 rings (SSSR count). The normalized spacial score (nSPS) is 18.6. The van der Waals surface area contributed by atoms with Gasteiger partial charge in [0.15, 0.2) is 5.82 Å². The van der Waals surface area contributed by atoms with Crippen LogP contribution >= 0.6 is 0 Å². The summed E-state index contributed by atoms with van der Waals surface area (Å²) >= 11 is 0. The molecule has 0 radical (unpaired) electrons. The zero-order chi connectivity index (χ0) is 16.9. The average molecular weight is 330 g/mol. The van der Waals surface area contributed by atoms with Crippen molar-refractivity contribution in [1.82, 2.24) is 19.6 Å². The van der Waals surface area contributed by atoms with Gasteiger partial charge in [0.25, 0.3) is 0 Å². The topological polar surface area (TPSA) is 64.2 Å². The fourth-order valence-electron chi connectivity index (χ4n) is 3.51. The Morgan fingerprint density at radius 1 is 1.38 bits per heavy atom. The molecule has 0 saturated carbocycles. The first-order valence-corrected chi connectivity index (χ1v) is 8.85. The summed E-state index contributed by atoms with van der Waals surface area (Å²) in [7, 11) is 2.06. The standard InChI is InChI=1S/C18H26N4O2/c1-14-19-17(24-20-14)10-6-11-18(23)22-13-5-3-4-8-16(22)15-9-7-12-21(15)2/h7,9,12,16H,3-6,8,10-11,13H2,1-2H3/t16-/m1/s1. The Balaban J connectivity index is 1.62. The van der Waals surface area contributed by atoms with Gasteiger partial charge in [-0.25, -0.2) is 0 Å². The minimum absolute atomic E-state index is 0.200. The Hall–Kier alpha value is -2.11. The molecule has 0 aliphatic carbocycles. The SMILES string of the molecule is Cc1noc(CCCC(=O)N2CCCCC[C@@H]2c2cccn2C)n1. The highest BCUT2D eigenvalue weighted by atomic mass is 16.5. The van der Waals surface area contributed by atoms with Gasteiger partial charge in [0, 0.05) is 38.3 Å². The molecule has 1 amide bonds. The number of aromatic nitrogens is 3. The molecule has 1 atom stereocenters. The van der Waals surface area contributed by atoms with E-state index in [1.165, 1.54) is 18.5 Å². The van der Waals surface area contributed by atoms with Crippen molar-refractivity contribution in [2.45, 2.75) is 57.9 Å². The fourth-order valence-corrected chi connectivity index (χ4v) is 3.51. The third-order valence-corrected chi connectivity index (χ3v) is 4.75. The molecule has 6 heteroatoms. The molecule has 0 unspecified atom stereocenters. The van der Waals surface area contributed by atoms with E-state index in [9.17, 15) is 4.79 Å². The van der Waals surface area contributed by atoms with Crippen molar-refractivity contribution in [2.24, 2.45) is 7.05 Å². The van der Waals surface area contributed by atoms with E-state index in [-0.39, 0.29) is 11.9 Å². The van der Waals surface area contributed by atoms with Crippen LogP contribution < -0.4 is 0 Å². The van der Waals surface area contributed by atoms with E-state index in [0.29, 0.717) is 24.6 Å². The Kier molecular flexibility index (Phi) is 5.33. The van der Waals surface area contributed by atoms with Crippen LogP contribution in [-0.2, 0) is 18.3 Å². The third-order valence-electron chi connectivity index (χ3n) is 4.75. The van der Waals surface area contributed by atoms with Gasteiger partial charge in [-0.3, -0.25) is 4.79 Å². The lowest BCUT2D eigenvalue weighted by Gasteiger charge is -2.30. The summed E-state index contributed by atoms with van der Waals surface area (Å²) in [6.45, 7) is 2.66. The average Bonchev–Trinajstić information content (AvgIpc) is 3.08. The van der Waals surface area contributed by atoms with Crippen molar-refractivity contribution >= 4 is 5.91 Å². The molecular weight excluding hydrogens is 304 g/mol. The second-order valence-electron chi connectivity index (χ2n) is 6.59. The van der Waals surface area contributed by atoms with Crippen molar-refractivity contribution in [2.75, 3.05) is 6.54 Å². The number of rotatable bonds is 5. The first-order chi connectivity index (χ1) is 11.6. The van der Waals surface area contributed by atoms with Gasteiger partial charge < -0.3 is 14.0 Å². The summed E-state index contributed by atoms with van der Waals surface area (Å²) in [5.41, 5.74) is 1.23. The van der Waals surface area contributed by atoms with Crippen molar-refractivity contribution in [3.8, 4) is 0 Å². The molecule has 1 saturated heterocycles. The predicted molar refractivity (Wildman–Crippen MR) is 90.3 cm³/mol. The molecule has 1 fully saturated rings. The number of hydrogen-bond donors (Lipinski definition) is 0. The zero-order valence-electron chi connectivity index (χ0n) is 14.6. The Morgan fingerprint density at radius 2 is 2.25 bits per heavy atom. The van der Waals surface area contributed by atoms with E-state index >= 15 is 0 Å². The molecular formula is C18H26N4O2. The number of amides is 1. The molecule has 0 aromatic carbocycles. The molecule has 2 aromatic rings. The largest absolute Gasteiger partial charge is 0.353 e. The minimum atomic E-state index is 0.200. The second-order valence-corrected chi connectivity index (χ2v) is 6.59. The smallest absolute Gasteiger partial charge is 0.226 e. The van der Waals surface area contributed by atoms with E-state index in [1.54, 1.807) is 6.92 Å². The Labute approximate surface area is 142 Å². The van der Waals surface area contributed by atoms with Crippen LogP contribution in [0, 0.1) is 6.92 Å². The summed E-state index contributed by atoms with van der Waals surface area (Å²) in [5, 5.41) is 3.79. The molecule has 1 aliphatic rings. The summed E-state index contributed by atoms with van der Waals surface area (Å²) in [4.78, 5) is 19.1. The summed E-state index contributed by atoms with van der Waals surface area (Å²) in [6, 6.07) is 4.39. The number of hydrogen-bond acceptors (Lipinski definition) is 4. The van der Waals surface area contributed by atoms with Gasteiger partial charge in [0.2, 0.25) is 11.8 Å². The number of nitrogens with zero attached hydrogens (tertiary/aromatic N) is 4. The summed E-state index contributed by atoms with van der Waals surface area (Å²) in [5.74, 6) is 1.50. The highest BCUT2D eigenvalue weighted by Gasteiger charge is 2.27. The molecule has 1 aliphatic heterocycles. The van der Waals surface area contributed by atoms with Gasteiger partial charge >= 0.3 is 0 Å². The van der Waals surface area contributed by atoms with Crippen LogP contribution in [0.25, 0.3) is 0 Å². The van der Waals surface area contributed by atoms with E-state index in [4.69, 9.17) is 4.52 Å². The van der Waals surface area contributed by atoms with Crippen molar-refractivity contribution in [3.05, 3.63) is 35.7 Å². The van der Waals surface area contributed by atoms with Crippen LogP contribution in [0.4, 0.5) is 0 Å². The molecule has 130 valence electrons. The quantitative estimate of drug-likeness (QED) is 0.844. The second kappa shape index (κ2) is 7.64. The van der Waals surface area contributed by atoms with Crippen LogP contribution in [0.2, 0.25) is 0 Å².